The first kappa shape index (κ1) is 14.5. The number of ether oxygens (including phenoxy) is 2. The van der Waals surface area contributed by atoms with Crippen molar-refractivity contribution < 1.29 is 18.7 Å². The number of carbonyl (C=O) groups is 1. The summed E-state index contributed by atoms with van der Waals surface area (Å²) < 4.78 is 24.7. The smallest absolute Gasteiger partial charge is 0.203 e. The van der Waals surface area contributed by atoms with Crippen molar-refractivity contribution in [3.05, 3.63) is 58.3 Å². The van der Waals surface area contributed by atoms with E-state index in [1.807, 2.05) is 0 Å². The molecule has 20 heavy (non-hydrogen) atoms. The van der Waals surface area contributed by atoms with Crippen molar-refractivity contribution in [3.63, 3.8) is 0 Å². The molecule has 0 bridgehead atoms. The van der Waals surface area contributed by atoms with E-state index < -0.39 is 11.6 Å². The van der Waals surface area contributed by atoms with Gasteiger partial charge in [-0.3, -0.25) is 4.79 Å². The highest BCUT2D eigenvalue weighted by Crippen LogP contribution is 2.34. The van der Waals surface area contributed by atoms with Crippen molar-refractivity contribution in [2.45, 2.75) is 0 Å². The molecule has 3 nitrogen and oxygen atoms in total. The first-order valence-corrected chi connectivity index (χ1v) is 6.66. The standard InChI is InChI=1S/C15H12BrFO3/c1-19-14-8-4-6-11(16)15(14)20-9-13(18)10-5-2-3-7-12(10)17/h2-8H,9H2,1H3. The Kier molecular flexibility index (Phi) is 4.74. The third kappa shape index (κ3) is 3.17. The molecule has 0 saturated carbocycles. The van der Waals surface area contributed by atoms with Crippen LogP contribution < -0.4 is 9.47 Å². The molecule has 0 aromatic heterocycles. The molecule has 0 spiro atoms. The second-order valence-corrected chi connectivity index (χ2v) is 4.82. The highest BCUT2D eigenvalue weighted by molar-refractivity contribution is 9.10. The van der Waals surface area contributed by atoms with Crippen LogP contribution in [0.2, 0.25) is 0 Å². The fourth-order valence-electron chi connectivity index (χ4n) is 1.69. The predicted molar refractivity (Wildman–Crippen MR) is 76.9 cm³/mol. The maximum atomic E-state index is 13.5. The zero-order chi connectivity index (χ0) is 14.5. The summed E-state index contributed by atoms with van der Waals surface area (Å²) in [6.45, 7) is -0.264. The van der Waals surface area contributed by atoms with E-state index in [-0.39, 0.29) is 12.2 Å². The summed E-state index contributed by atoms with van der Waals surface area (Å²) in [4.78, 5) is 11.9. The van der Waals surface area contributed by atoms with Gasteiger partial charge in [-0.1, -0.05) is 18.2 Å². The topological polar surface area (TPSA) is 35.5 Å². The van der Waals surface area contributed by atoms with Gasteiger partial charge in [-0.05, 0) is 40.2 Å². The molecule has 0 fully saturated rings. The lowest BCUT2D eigenvalue weighted by molar-refractivity contribution is 0.0915. The summed E-state index contributed by atoms with van der Waals surface area (Å²) in [6, 6.07) is 11.1. The fourth-order valence-corrected chi connectivity index (χ4v) is 2.16. The van der Waals surface area contributed by atoms with Gasteiger partial charge in [0.15, 0.2) is 18.1 Å². The van der Waals surface area contributed by atoms with Crippen LogP contribution in [0.4, 0.5) is 4.39 Å². The van der Waals surface area contributed by atoms with Gasteiger partial charge < -0.3 is 9.47 Å². The Labute approximate surface area is 124 Å². The molecule has 0 unspecified atom stereocenters. The van der Waals surface area contributed by atoms with Crippen molar-refractivity contribution in [3.8, 4) is 11.5 Å². The van der Waals surface area contributed by atoms with Crippen molar-refractivity contribution >= 4 is 21.7 Å². The van der Waals surface area contributed by atoms with Crippen molar-refractivity contribution in [1.29, 1.82) is 0 Å². The number of halogens is 2. The Morgan fingerprint density at radius 2 is 1.95 bits per heavy atom. The van der Waals surface area contributed by atoms with Crippen LogP contribution in [-0.2, 0) is 0 Å². The summed E-state index contributed by atoms with van der Waals surface area (Å²) >= 11 is 3.32. The van der Waals surface area contributed by atoms with E-state index >= 15 is 0 Å². The van der Waals surface area contributed by atoms with Crippen LogP contribution in [0.1, 0.15) is 10.4 Å². The van der Waals surface area contributed by atoms with E-state index in [1.165, 1.54) is 25.3 Å². The Hall–Kier alpha value is -1.88. The molecule has 0 amide bonds. The molecule has 5 heteroatoms. The molecular weight excluding hydrogens is 327 g/mol. The van der Waals surface area contributed by atoms with Gasteiger partial charge in [0.1, 0.15) is 5.82 Å². The molecular formula is C15H12BrFO3. The number of Topliss-reactive ketones (excluding diaryl/α,β-unsaturated/α-hetero) is 1. The minimum absolute atomic E-state index is 0.0125. The van der Waals surface area contributed by atoms with Crippen LogP contribution in [0.25, 0.3) is 0 Å². The molecule has 0 radical (unpaired) electrons. The lowest BCUT2D eigenvalue weighted by atomic mass is 10.1. The Morgan fingerprint density at radius 3 is 2.65 bits per heavy atom. The van der Waals surface area contributed by atoms with Gasteiger partial charge in [-0.25, -0.2) is 4.39 Å². The first-order valence-electron chi connectivity index (χ1n) is 5.86. The normalized spacial score (nSPS) is 10.2. The summed E-state index contributed by atoms with van der Waals surface area (Å²) in [5.41, 5.74) is 0.0125. The van der Waals surface area contributed by atoms with E-state index in [4.69, 9.17) is 9.47 Å². The van der Waals surface area contributed by atoms with Crippen LogP contribution in [0.3, 0.4) is 0 Å². The lowest BCUT2D eigenvalue weighted by Crippen LogP contribution is -2.13. The average molecular weight is 339 g/mol. The Morgan fingerprint density at radius 1 is 1.20 bits per heavy atom. The fraction of sp³-hybridized carbons (Fsp3) is 0.133. The largest absolute Gasteiger partial charge is 0.493 e. The van der Waals surface area contributed by atoms with E-state index in [0.717, 1.165) is 0 Å². The minimum Gasteiger partial charge on any atom is -0.493 e. The van der Waals surface area contributed by atoms with Gasteiger partial charge in [0.2, 0.25) is 5.78 Å². The summed E-state index contributed by atoms with van der Waals surface area (Å²) in [5, 5.41) is 0. The zero-order valence-electron chi connectivity index (χ0n) is 10.7. The molecule has 0 saturated heterocycles. The summed E-state index contributed by atoms with van der Waals surface area (Å²) in [5.74, 6) is -0.0681. The summed E-state index contributed by atoms with van der Waals surface area (Å²) in [6.07, 6.45) is 0. The van der Waals surface area contributed by atoms with Gasteiger partial charge in [-0.15, -0.1) is 0 Å². The van der Waals surface area contributed by atoms with E-state index in [2.05, 4.69) is 15.9 Å². The lowest BCUT2D eigenvalue weighted by Gasteiger charge is -2.11. The molecule has 0 heterocycles. The highest BCUT2D eigenvalue weighted by Gasteiger charge is 2.14. The minimum atomic E-state index is -0.555. The van der Waals surface area contributed by atoms with Gasteiger partial charge >= 0.3 is 0 Å². The average Bonchev–Trinajstić information content (AvgIpc) is 2.46. The molecule has 2 aromatic rings. The molecule has 2 rings (SSSR count). The van der Waals surface area contributed by atoms with E-state index in [0.29, 0.717) is 16.0 Å². The first-order chi connectivity index (χ1) is 9.63. The van der Waals surface area contributed by atoms with Crippen LogP contribution in [0.15, 0.2) is 46.9 Å². The van der Waals surface area contributed by atoms with Crippen LogP contribution >= 0.6 is 15.9 Å². The van der Waals surface area contributed by atoms with E-state index in [9.17, 15) is 9.18 Å². The van der Waals surface area contributed by atoms with Crippen molar-refractivity contribution in [1.82, 2.24) is 0 Å². The number of benzene rings is 2. The van der Waals surface area contributed by atoms with Crippen LogP contribution in [-0.4, -0.2) is 19.5 Å². The maximum absolute atomic E-state index is 13.5. The van der Waals surface area contributed by atoms with Crippen LogP contribution in [0.5, 0.6) is 11.5 Å². The third-order valence-electron chi connectivity index (χ3n) is 2.67. The number of carbonyl (C=O) groups excluding carboxylic acids is 1. The number of methoxy groups -OCH3 is 1. The third-order valence-corrected chi connectivity index (χ3v) is 3.30. The quantitative estimate of drug-likeness (QED) is 0.776. The highest BCUT2D eigenvalue weighted by atomic mass is 79.9. The number of ketones is 1. The molecule has 0 N–H and O–H groups in total. The predicted octanol–water partition coefficient (Wildman–Crippen LogP) is 3.86. The number of hydrogen-bond donors (Lipinski definition) is 0. The molecule has 0 aliphatic rings. The Balaban J connectivity index is 2.14. The van der Waals surface area contributed by atoms with Gasteiger partial charge in [0.05, 0.1) is 17.1 Å². The molecule has 0 atom stereocenters. The molecule has 0 aliphatic heterocycles. The van der Waals surface area contributed by atoms with Crippen molar-refractivity contribution in [2.75, 3.05) is 13.7 Å². The van der Waals surface area contributed by atoms with Gasteiger partial charge in [0, 0.05) is 0 Å². The maximum Gasteiger partial charge on any atom is 0.203 e. The second-order valence-electron chi connectivity index (χ2n) is 3.96. The van der Waals surface area contributed by atoms with Gasteiger partial charge in [0.25, 0.3) is 0 Å². The second kappa shape index (κ2) is 6.52. The molecule has 104 valence electrons. The number of para-hydroxylation sites is 1. The Bertz CT molecular complexity index is 628. The van der Waals surface area contributed by atoms with Crippen molar-refractivity contribution in [2.24, 2.45) is 0 Å². The molecule has 0 aliphatic carbocycles. The summed E-state index contributed by atoms with van der Waals surface area (Å²) in [7, 11) is 1.51. The van der Waals surface area contributed by atoms with E-state index in [1.54, 1.807) is 24.3 Å². The van der Waals surface area contributed by atoms with Crippen LogP contribution in [0, 0.1) is 5.82 Å². The number of hydrogen-bond acceptors (Lipinski definition) is 3. The molecule has 2 aromatic carbocycles. The number of rotatable bonds is 5. The monoisotopic (exact) mass is 338 g/mol. The SMILES string of the molecule is COc1cccc(Br)c1OCC(=O)c1ccccc1F. The van der Waals surface area contributed by atoms with Gasteiger partial charge in [-0.2, -0.15) is 0 Å². The zero-order valence-corrected chi connectivity index (χ0v) is 12.3.